The van der Waals surface area contributed by atoms with Crippen molar-refractivity contribution in [3.8, 4) is 0 Å². The molecule has 0 aliphatic heterocycles. The van der Waals surface area contributed by atoms with Gasteiger partial charge in [0.05, 0.1) is 27.7 Å². The minimum Gasteiger partial charge on any atom is -0.395 e. The number of fused-ring (bicyclic) bond motifs is 1. The number of nitrogen functional groups attached to an aromatic ring is 1. The van der Waals surface area contributed by atoms with Gasteiger partial charge < -0.3 is 16.2 Å². The third kappa shape index (κ3) is 1.58. The SMILES string of the molecule is CC1(C)C(O)CC1Nc1ccc2scnc2c1N. The molecule has 1 fully saturated rings. The minimum atomic E-state index is -0.237. The second kappa shape index (κ2) is 3.83. The summed E-state index contributed by atoms with van der Waals surface area (Å²) in [6, 6.07) is 4.29. The Balaban J connectivity index is 1.89. The Hall–Kier alpha value is -1.33. The maximum absolute atomic E-state index is 9.75. The van der Waals surface area contributed by atoms with Gasteiger partial charge in [0, 0.05) is 11.5 Å². The first-order valence-electron chi connectivity index (χ1n) is 6.06. The highest BCUT2D eigenvalue weighted by Gasteiger charge is 2.47. The minimum absolute atomic E-state index is 0.108. The maximum Gasteiger partial charge on any atom is 0.106 e. The molecule has 0 spiro atoms. The van der Waals surface area contributed by atoms with Crippen molar-refractivity contribution < 1.29 is 5.11 Å². The van der Waals surface area contributed by atoms with Crippen molar-refractivity contribution in [2.45, 2.75) is 32.4 Å². The highest BCUT2D eigenvalue weighted by molar-refractivity contribution is 7.16. The number of nitrogens with two attached hydrogens (primary N) is 1. The lowest BCUT2D eigenvalue weighted by molar-refractivity contribution is -0.0510. The predicted octanol–water partition coefficient (Wildman–Crippen LogP) is 2.45. The smallest absolute Gasteiger partial charge is 0.106 e. The number of thiazole rings is 1. The van der Waals surface area contributed by atoms with Crippen LogP contribution in [0.25, 0.3) is 10.2 Å². The molecule has 1 aromatic heterocycles. The molecule has 0 amide bonds. The number of benzene rings is 1. The quantitative estimate of drug-likeness (QED) is 0.728. The summed E-state index contributed by atoms with van der Waals surface area (Å²) in [7, 11) is 0. The lowest BCUT2D eigenvalue weighted by Gasteiger charge is -2.50. The van der Waals surface area contributed by atoms with Crippen LogP contribution in [0, 0.1) is 5.41 Å². The molecule has 96 valence electrons. The van der Waals surface area contributed by atoms with Crippen molar-refractivity contribution >= 4 is 32.9 Å². The molecular weight excluding hydrogens is 246 g/mol. The molecule has 0 bridgehead atoms. The molecule has 1 heterocycles. The Kier molecular flexibility index (Phi) is 2.50. The van der Waals surface area contributed by atoms with E-state index < -0.39 is 0 Å². The molecular formula is C13H17N3OS. The number of aliphatic hydroxyl groups is 1. The molecule has 0 saturated heterocycles. The fraction of sp³-hybridized carbons (Fsp3) is 0.462. The van der Waals surface area contributed by atoms with Crippen molar-refractivity contribution in [3.63, 3.8) is 0 Å². The van der Waals surface area contributed by atoms with Gasteiger partial charge in [-0.3, -0.25) is 0 Å². The molecule has 4 nitrogen and oxygen atoms in total. The Morgan fingerprint density at radius 1 is 1.50 bits per heavy atom. The van der Waals surface area contributed by atoms with E-state index in [1.54, 1.807) is 11.3 Å². The average Bonchev–Trinajstić information content (AvgIpc) is 2.81. The zero-order chi connectivity index (χ0) is 12.9. The summed E-state index contributed by atoms with van der Waals surface area (Å²) in [5.74, 6) is 0. The van der Waals surface area contributed by atoms with E-state index in [2.05, 4.69) is 24.1 Å². The van der Waals surface area contributed by atoms with E-state index in [1.165, 1.54) is 0 Å². The van der Waals surface area contributed by atoms with Gasteiger partial charge in [-0.2, -0.15) is 0 Å². The number of nitrogens with zero attached hydrogens (tertiary/aromatic N) is 1. The van der Waals surface area contributed by atoms with Gasteiger partial charge in [-0.1, -0.05) is 13.8 Å². The number of anilines is 2. The molecule has 0 radical (unpaired) electrons. The van der Waals surface area contributed by atoms with Crippen LogP contribution in [0.2, 0.25) is 0 Å². The van der Waals surface area contributed by atoms with Crippen LogP contribution in [0.4, 0.5) is 11.4 Å². The number of hydrogen-bond acceptors (Lipinski definition) is 5. The fourth-order valence-corrected chi connectivity index (χ4v) is 3.11. The van der Waals surface area contributed by atoms with Crippen LogP contribution in [0.15, 0.2) is 17.6 Å². The van der Waals surface area contributed by atoms with E-state index >= 15 is 0 Å². The summed E-state index contributed by atoms with van der Waals surface area (Å²) >= 11 is 1.59. The number of rotatable bonds is 2. The normalized spacial score (nSPS) is 25.9. The van der Waals surface area contributed by atoms with E-state index in [4.69, 9.17) is 5.73 Å². The zero-order valence-electron chi connectivity index (χ0n) is 10.5. The molecule has 2 unspecified atom stereocenters. The highest BCUT2D eigenvalue weighted by atomic mass is 32.1. The van der Waals surface area contributed by atoms with Gasteiger partial charge in [-0.15, -0.1) is 11.3 Å². The maximum atomic E-state index is 9.75. The molecule has 1 aromatic carbocycles. The molecule has 2 atom stereocenters. The Morgan fingerprint density at radius 2 is 2.28 bits per heavy atom. The van der Waals surface area contributed by atoms with Crippen LogP contribution in [-0.2, 0) is 0 Å². The first-order valence-corrected chi connectivity index (χ1v) is 6.94. The molecule has 1 aliphatic rings. The van der Waals surface area contributed by atoms with E-state index in [0.717, 1.165) is 22.3 Å². The second-order valence-electron chi connectivity index (χ2n) is 5.50. The third-order valence-corrected chi connectivity index (χ3v) is 4.88. The standard InChI is InChI=1S/C13H17N3OS/c1-13(2)9(5-10(13)17)16-7-3-4-8-12(11(7)14)15-6-18-8/h3-4,6,9-10,16-17H,5,14H2,1-2H3. The number of aliphatic hydroxyl groups excluding tert-OH is 1. The molecule has 1 saturated carbocycles. The monoisotopic (exact) mass is 263 g/mol. The molecule has 5 heteroatoms. The summed E-state index contributed by atoms with van der Waals surface area (Å²) < 4.78 is 1.10. The van der Waals surface area contributed by atoms with Gasteiger partial charge >= 0.3 is 0 Å². The van der Waals surface area contributed by atoms with Crippen LogP contribution < -0.4 is 11.1 Å². The first kappa shape index (κ1) is 11.7. The lowest BCUT2D eigenvalue weighted by Crippen LogP contribution is -2.56. The van der Waals surface area contributed by atoms with Crippen molar-refractivity contribution in [3.05, 3.63) is 17.6 Å². The van der Waals surface area contributed by atoms with Gasteiger partial charge in [-0.05, 0) is 18.6 Å². The predicted molar refractivity (Wildman–Crippen MR) is 75.8 cm³/mol. The number of aromatic nitrogens is 1. The number of nitrogens with one attached hydrogen (secondary N) is 1. The summed E-state index contributed by atoms with van der Waals surface area (Å²) in [6.07, 6.45) is 0.529. The Labute approximate surface area is 110 Å². The number of hydrogen-bond donors (Lipinski definition) is 3. The van der Waals surface area contributed by atoms with Gasteiger partial charge in [0.25, 0.3) is 0 Å². The Bertz CT molecular complexity index is 593. The first-order chi connectivity index (χ1) is 8.50. The van der Waals surface area contributed by atoms with Crippen molar-refractivity contribution in [2.75, 3.05) is 11.1 Å². The van der Waals surface area contributed by atoms with Crippen LogP contribution in [-0.4, -0.2) is 22.2 Å². The van der Waals surface area contributed by atoms with Crippen molar-refractivity contribution in [1.82, 2.24) is 4.98 Å². The van der Waals surface area contributed by atoms with Crippen LogP contribution >= 0.6 is 11.3 Å². The molecule has 2 aromatic rings. The van der Waals surface area contributed by atoms with E-state index in [0.29, 0.717) is 5.69 Å². The molecule has 4 N–H and O–H groups in total. The molecule has 1 aliphatic carbocycles. The summed E-state index contributed by atoms with van der Waals surface area (Å²) in [5, 5.41) is 13.2. The highest BCUT2D eigenvalue weighted by Crippen LogP contribution is 2.43. The van der Waals surface area contributed by atoms with Crippen molar-refractivity contribution in [2.24, 2.45) is 5.41 Å². The van der Waals surface area contributed by atoms with Crippen LogP contribution in [0.3, 0.4) is 0 Å². The average molecular weight is 263 g/mol. The molecule has 18 heavy (non-hydrogen) atoms. The van der Waals surface area contributed by atoms with Crippen LogP contribution in [0.1, 0.15) is 20.3 Å². The topological polar surface area (TPSA) is 71.2 Å². The zero-order valence-corrected chi connectivity index (χ0v) is 11.3. The summed E-state index contributed by atoms with van der Waals surface area (Å²) in [4.78, 5) is 4.29. The summed E-state index contributed by atoms with van der Waals surface area (Å²) in [6.45, 7) is 4.13. The van der Waals surface area contributed by atoms with Gasteiger partial charge in [0.2, 0.25) is 0 Å². The van der Waals surface area contributed by atoms with Crippen molar-refractivity contribution in [1.29, 1.82) is 0 Å². The van der Waals surface area contributed by atoms with Gasteiger partial charge in [0.15, 0.2) is 0 Å². The van der Waals surface area contributed by atoms with E-state index in [9.17, 15) is 5.11 Å². The largest absolute Gasteiger partial charge is 0.395 e. The Morgan fingerprint density at radius 3 is 2.94 bits per heavy atom. The second-order valence-corrected chi connectivity index (χ2v) is 6.38. The van der Waals surface area contributed by atoms with E-state index in [-0.39, 0.29) is 17.6 Å². The fourth-order valence-electron chi connectivity index (χ4n) is 2.41. The van der Waals surface area contributed by atoms with Crippen LogP contribution in [0.5, 0.6) is 0 Å². The third-order valence-electron chi connectivity index (χ3n) is 4.09. The lowest BCUT2D eigenvalue weighted by atomic mass is 9.64. The van der Waals surface area contributed by atoms with Gasteiger partial charge in [0.1, 0.15) is 5.52 Å². The molecule has 3 rings (SSSR count). The summed E-state index contributed by atoms with van der Waals surface area (Å²) in [5.41, 5.74) is 10.3. The van der Waals surface area contributed by atoms with E-state index in [1.807, 2.05) is 17.6 Å². The van der Waals surface area contributed by atoms with Gasteiger partial charge in [-0.25, -0.2) is 4.98 Å².